The Morgan fingerprint density at radius 2 is 1.95 bits per heavy atom. The highest BCUT2D eigenvalue weighted by Crippen LogP contribution is 2.29. The summed E-state index contributed by atoms with van der Waals surface area (Å²) in [7, 11) is -3.70. The van der Waals surface area contributed by atoms with Crippen LogP contribution in [-0.4, -0.2) is 18.6 Å². The number of rotatable bonds is 3. The molecule has 0 amide bonds. The fourth-order valence-corrected chi connectivity index (χ4v) is 4.52. The van der Waals surface area contributed by atoms with Gasteiger partial charge < -0.3 is 0 Å². The van der Waals surface area contributed by atoms with Gasteiger partial charge in [-0.05, 0) is 46.3 Å². The minimum atomic E-state index is -3.70. The topological polar surface area (TPSA) is 74.8 Å². The van der Waals surface area contributed by atoms with E-state index in [1.54, 1.807) is 36.5 Å². The fourth-order valence-electron chi connectivity index (χ4n) is 1.94. The number of sulfonamides is 1. The van der Waals surface area contributed by atoms with Crippen molar-refractivity contribution in [1.29, 1.82) is 0 Å². The molecule has 1 heterocycles. The lowest BCUT2D eigenvalue weighted by atomic mass is 10.2. The molecule has 1 aromatic heterocycles. The lowest BCUT2D eigenvalue weighted by Gasteiger charge is -2.10. The number of H-pyrrole nitrogens is 1. The average Bonchev–Trinajstić information content (AvgIpc) is 2.90. The zero-order valence-electron chi connectivity index (χ0n) is 10.5. The van der Waals surface area contributed by atoms with Gasteiger partial charge in [-0.25, -0.2) is 8.42 Å². The first-order valence-electron chi connectivity index (χ1n) is 5.87. The summed E-state index contributed by atoms with van der Waals surface area (Å²) in [6.07, 6.45) is 1.59. The first kappa shape index (κ1) is 14.6. The Hall–Kier alpha value is -1.38. The van der Waals surface area contributed by atoms with Gasteiger partial charge in [0.2, 0.25) is 0 Å². The van der Waals surface area contributed by atoms with Crippen LogP contribution in [0.25, 0.3) is 10.9 Å². The van der Waals surface area contributed by atoms with Gasteiger partial charge >= 0.3 is 0 Å². The predicted molar refractivity (Wildman–Crippen MR) is 88.7 cm³/mol. The van der Waals surface area contributed by atoms with E-state index in [4.69, 9.17) is 0 Å². The molecule has 3 aromatic rings. The molecule has 108 valence electrons. The molecule has 0 fully saturated rings. The predicted octanol–water partition coefficient (Wildman–Crippen LogP) is 3.89. The largest absolute Gasteiger partial charge is 0.279 e. The van der Waals surface area contributed by atoms with Crippen LogP contribution in [-0.2, 0) is 10.0 Å². The lowest BCUT2D eigenvalue weighted by molar-refractivity contribution is 0.601. The molecule has 0 aliphatic carbocycles. The zero-order valence-corrected chi connectivity index (χ0v) is 14.5. The molecule has 0 saturated heterocycles. The van der Waals surface area contributed by atoms with Crippen LogP contribution in [0.15, 0.2) is 56.4 Å². The molecule has 0 atom stereocenters. The SMILES string of the molecule is O=S(=O)(Nc1cccc2[nH]ncc12)c1cc(Br)ccc1Br. The van der Waals surface area contributed by atoms with Crippen LogP contribution in [0.2, 0.25) is 0 Å². The Balaban J connectivity index is 2.08. The maximum Gasteiger partial charge on any atom is 0.263 e. The number of halogens is 2. The molecule has 2 aromatic carbocycles. The standard InChI is InChI=1S/C13H9Br2N3O2S/c14-8-4-5-10(15)13(6-8)21(19,20)18-12-3-1-2-11-9(12)7-16-17-11/h1-7,18H,(H,16,17). The van der Waals surface area contributed by atoms with E-state index in [0.29, 0.717) is 20.0 Å². The van der Waals surface area contributed by atoms with E-state index in [-0.39, 0.29) is 4.90 Å². The smallest absolute Gasteiger partial charge is 0.263 e. The van der Waals surface area contributed by atoms with E-state index in [1.165, 1.54) is 0 Å². The summed E-state index contributed by atoms with van der Waals surface area (Å²) >= 11 is 6.54. The van der Waals surface area contributed by atoms with Crippen molar-refractivity contribution >= 4 is 58.5 Å². The molecule has 0 bridgehead atoms. The van der Waals surface area contributed by atoms with Crippen LogP contribution in [0, 0.1) is 0 Å². The quantitative estimate of drug-likeness (QED) is 0.661. The second kappa shape index (κ2) is 5.43. The molecule has 0 aliphatic rings. The maximum atomic E-state index is 12.5. The number of anilines is 1. The van der Waals surface area contributed by atoms with Crippen molar-refractivity contribution in [3.8, 4) is 0 Å². The summed E-state index contributed by atoms with van der Waals surface area (Å²) < 4.78 is 28.9. The van der Waals surface area contributed by atoms with E-state index in [2.05, 4.69) is 46.8 Å². The minimum absolute atomic E-state index is 0.164. The molecule has 0 radical (unpaired) electrons. The number of hydrogen-bond acceptors (Lipinski definition) is 3. The average molecular weight is 431 g/mol. The zero-order chi connectivity index (χ0) is 15.0. The van der Waals surface area contributed by atoms with Gasteiger partial charge in [0.05, 0.1) is 17.4 Å². The van der Waals surface area contributed by atoms with E-state index in [0.717, 1.165) is 5.52 Å². The summed E-state index contributed by atoms with van der Waals surface area (Å²) in [4.78, 5) is 0.164. The molecule has 3 rings (SSSR count). The van der Waals surface area contributed by atoms with Gasteiger partial charge in [0.15, 0.2) is 0 Å². The van der Waals surface area contributed by atoms with Crippen LogP contribution in [0.1, 0.15) is 0 Å². The molecule has 0 unspecified atom stereocenters. The Labute approximate surface area is 138 Å². The van der Waals surface area contributed by atoms with Crippen molar-refractivity contribution in [3.63, 3.8) is 0 Å². The monoisotopic (exact) mass is 429 g/mol. The third-order valence-electron chi connectivity index (χ3n) is 2.91. The Morgan fingerprint density at radius 1 is 1.14 bits per heavy atom. The first-order valence-corrected chi connectivity index (χ1v) is 8.94. The highest BCUT2D eigenvalue weighted by atomic mass is 79.9. The van der Waals surface area contributed by atoms with Crippen molar-refractivity contribution in [2.75, 3.05) is 4.72 Å². The van der Waals surface area contributed by atoms with Crippen molar-refractivity contribution in [1.82, 2.24) is 10.2 Å². The second-order valence-corrected chi connectivity index (χ2v) is 7.74. The Kier molecular flexibility index (Phi) is 3.76. The molecule has 2 N–H and O–H groups in total. The normalized spacial score (nSPS) is 11.7. The van der Waals surface area contributed by atoms with Gasteiger partial charge in [-0.3, -0.25) is 9.82 Å². The summed E-state index contributed by atoms with van der Waals surface area (Å²) in [5.41, 5.74) is 1.25. The summed E-state index contributed by atoms with van der Waals surface area (Å²) in [6.45, 7) is 0. The van der Waals surface area contributed by atoms with Crippen LogP contribution in [0.4, 0.5) is 5.69 Å². The van der Waals surface area contributed by atoms with Crippen molar-refractivity contribution in [2.45, 2.75) is 4.90 Å². The van der Waals surface area contributed by atoms with Crippen molar-refractivity contribution in [3.05, 3.63) is 51.5 Å². The van der Waals surface area contributed by atoms with Crippen LogP contribution < -0.4 is 4.72 Å². The van der Waals surface area contributed by atoms with Crippen LogP contribution >= 0.6 is 31.9 Å². The van der Waals surface area contributed by atoms with E-state index in [1.807, 2.05) is 6.07 Å². The summed E-state index contributed by atoms with van der Waals surface area (Å²) in [6, 6.07) is 10.3. The molecular formula is C13H9Br2N3O2S. The van der Waals surface area contributed by atoms with Gasteiger partial charge in [-0.2, -0.15) is 5.10 Å². The number of nitrogens with one attached hydrogen (secondary N) is 2. The lowest BCUT2D eigenvalue weighted by Crippen LogP contribution is -2.13. The molecule has 0 saturated carbocycles. The number of benzene rings is 2. The highest BCUT2D eigenvalue weighted by Gasteiger charge is 2.19. The minimum Gasteiger partial charge on any atom is -0.279 e. The third-order valence-corrected chi connectivity index (χ3v) is 5.76. The summed E-state index contributed by atoms with van der Waals surface area (Å²) in [5.74, 6) is 0. The fraction of sp³-hybridized carbons (Fsp3) is 0. The maximum absolute atomic E-state index is 12.5. The van der Waals surface area contributed by atoms with E-state index < -0.39 is 10.0 Å². The number of nitrogens with zero attached hydrogens (tertiary/aromatic N) is 1. The third kappa shape index (κ3) is 2.83. The number of aromatic amines is 1. The number of aromatic nitrogens is 2. The molecule has 0 aliphatic heterocycles. The van der Waals surface area contributed by atoms with Crippen molar-refractivity contribution in [2.24, 2.45) is 0 Å². The van der Waals surface area contributed by atoms with E-state index in [9.17, 15) is 8.42 Å². The van der Waals surface area contributed by atoms with Gasteiger partial charge in [-0.1, -0.05) is 22.0 Å². The van der Waals surface area contributed by atoms with Gasteiger partial charge in [0, 0.05) is 14.3 Å². The van der Waals surface area contributed by atoms with Gasteiger partial charge in [0.25, 0.3) is 10.0 Å². The second-order valence-electron chi connectivity index (χ2n) is 4.32. The Morgan fingerprint density at radius 3 is 2.76 bits per heavy atom. The van der Waals surface area contributed by atoms with Gasteiger partial charge in [0.1, 0.15) is 4.90 Å². The number of fused-ring (bicyclic) bond motifs is 1. The highest BCUT2D eigenvalue weighted by molar-refractivity contribution is 9.11. The van der Waals surface area contributed by atoms with Crippen molar-refractivity contribution < 1.29 is 8.42 Å². The molecule has 0 spiro atoms. The Bertz CT molecular complexity index is 922. The van der Waals surface area contributed by atoms with Crippen LogP contribution in [0.3, 0.4) is 0 Å². The summed E-state index contributed by atoms with van der Waals surface area (Å²) in [5, 5.41) is 7.44. The molecular weight excluding hydrogens is 422 g/mol. The molecule has 21 heavy (non-hydrogen) atoms. The molecule has 5 nitrogen and oxygen atoms in total. The van der Waals surface area contributed by atoms with Gasteiger partial charge in [-0.15, -0.1) is 0 Å². The van der Waals surface area contributed by atoms with Crippen LogP contribution in [0.5, 0.6) is 0 Å². The van der Waals surface area contributed by atoms with E-state index >= 15 is 0 Å². The first-order chi connectivity index (χ1) is 9.97. The molecule has 8 heteroatoms. The number of hydrogen-bond donors (Lipinski definition) is 2.